The van der Waals surface area contributed by atoms with Gasteiger partial charge in [0.1, 0.15) is 6.33 Å². The lowest BCUT2D eigenvalue weighted by atomic mass is 10.0. The predicted molar refractivity (Wildman–Crippen MR) is 111 cm³/mol. The summed E-state index contributed by atoms with van der Waals surface area (Å²) < 4.78 is 15.8. The molecule has 0 radical (unpaired) electrons. The molecule has 0 saturated heterocycles. The third kappa shape index (κ3) is 3.12. The highest BCUT2D eigenvalue weighted by Gasteiger charge is 2.22. The molecule has 0 atom stereocenters. The molecule has 5 heterocycles. The van der Waals surface area contributed by atoms with Crippen LogP contribution in [0.3, 0.4) is 0 Å². The Morgan fingerprint density at radius 1 is 1.13 bits per heavy atom. The van der Waals surface area contributed by atoms with E-state index < -0.39 is 5.95 Å². The standard InChI is InChI=1S/C21H21FN8/c1-12-4-5-18(19(22)25-12)26-16-8-15-10-29(7-6-17(15)23-9-16)21-14(3)13(2)20-27-24-11-30(20)28-21/h4-5,8-9,11,26H,6-7,10H2,1-3H3. The first kappa shape index (κ1) is 18.4. The van der Waals surface area contributed by atoms with Gasteiger partial charge in [-0.15, -0.1) is 15.3 Å². The van der Waals surface area contributed by atoms with Crippen molar-refractivity contribution in [1.29, 1.82) is 0 Å². The lowest BCUT2D eigenvalue weighted by molar-refractivity contribution is 0.584. The highest BCUT2D eigenvalue weighted by atomic mass is 19.1. The van der Waals surface area contributed by atoms with Crippen LogP contribution < -0.4 is 10.2 Å². The van der Waals surface area contributed by atoms with Gasteiger partial charge in [-0.25, -0.2) is 4.98 Å². The van der Waals surface area contributed by atoms with Crippen molar-refractivity contribution in [2.45, 2.75) is 33.7 Å². The normalized spacial score (nSPS) is 13.5. The number of anilines is 3. The Bertz CT molecular complexity index is 1270. The van der Waals surface area contributed by atoms with Crippen molar-refractivity contribution in [3.05, 3.63) is 64.7 Å². The van der Waals surface area contributed by atoms with Gasteiger partial charge < -0.3 is 10.2 Å². The lowest BCUT2D eigenvalue weighted by Gasteiger charge is -2.30. The highest BCUT2D eigenvalue weighted by molar-refractivity contribution is 5.62. The van der Waals surface area contributed by atoms with Crippen LogP contribution in [0.5, 0.6) is 0 Å². The Balaban J connectivity index is 1.45. The molecule has 0 bridgehead atoms. The van der Waals surface area contributed by atoms with Crippen molar-refractivity contribution < 1.29 is 4.39 Å². The second-order valence-corrected chi connectivity index (χ2v) is 7.59. The second-order valence-electron chi connectivity index (χ2n) is 7.59. The second kappa shape index (κ2) is 7.01. The molecule has 9 heteroatoms. The van der Waals surface area contributed by atoms with Crippen LogP contribution in [0.4, 0.5) is 21.6 Å². The van der Waals surface area contributed by atoms with Crippen LogP contribution in [0.1, 0.15) is 28.1 Å². The lowest BCUT2D eigenvalue weighted by Crippen LogP contribution is -2.32. The van der Waals surface area contributed by atoms with Crippen molar-refractivity contribution >= 4 is 22.8 Å². The molecule has 1 aliphatic rings. The number of aromatic nitrogens is 6. The fourth-order valence-corrected chi connectivity index (χ4v) is 3.81. The first-order chi connectivity index (χ1) is 14.5. The summed E-state index contributed by atoms with van der Waals surface area (Å²) in [4.78, 5) is 10.7. The number of hydrogen-bond acceptors (Lipinski definition) is 7. The fraction of sp³-hybridized carbons (Fsp3) is 0.286. The molecule has 0 spiro atoms. The Morgan fingerprint density at radius 3 is 2.83 bits per heavy atom. The molecule has 5 rings (SSSR count). The zero-order chi connectivity index (χ0) is 20.8. The van der Waals surface area contributed by atoms with E-state index in [0.29, 0.717) is 17.9 Å². The van der Waals surface area contributed by atoms with E-state index in [0.717, 1.165) is 52.5 Å². The quantitative estimate of drug-likeness (QED) is 0.525. The first-order valence-corrected chi connectivity index (χ1v) is 9.80. The van der Waals surface area contributed by atoms with Crippen LogP contribution in [0.2, 0.25) is 0 Å². The van der Waals surface area contributed by atoms with Gasteiger partial charge in [0.05, 0.1) is 17.6 Å². The molecule has 0 aliphatic carbocycles. The monoisotopic (exact) mass is 404 g/mol. The fourth-order valence-electron chi connectivity index (χ4n) is 3.81. The number of aryl methyl sites for hydroxylation is 2. The summed E-state index contributed by atoms with van der Waals surface area (Å²) in [6, 6.07) is 5.48. The van der Waals surface area contributed by atoms with Crippen molar-refractivity contribution in [3.63, 3.8) is 0 Å². The van der Waals surface area contributed by atoms with Gasteiger partial charge in [-0.05, 0) is 44.5 Å². The van der Waals surface area contributed by atoms with E-state index >= 15 is 0 Å². The van der Waals surface area contributed by atoms with Crippen molar-refractivity contribution in [2.75, 3.05) is 16.8 Å². The Morgan fingerprint density at radius 2 is 2.00 bits per heavy atom. The molecule has 0 unspecified atom stereocenters. The number of nitrogens with zero attached hydrogens (tertiary/aromatic N) is 7. The number of nitrogens with one attached hydrogen (secondary N) is 1. The average molecular weight is 404 g/mol. The molecule has 152 valence electrons. The van der Waals surface area contributed by atoms with Crippen LogP contribution in [-0.2, 0) is 13.0 Å². The maximum Gasteiger partial charge on any atom is 0.236 e. The van der Waals surface area contributed by atoms with Gasteiger partial charge in [0, 0.05) is 42.0 Å². The number of rotatable bonds is 3. The smallest absolute Gasteiger partial charge is 0.236 e. The maximum absolute atomic E-state index is 14.1. The zero-order valence-electron chi connectivity index (χ0n) is 17.0. The number of halogens is 1. The molecule has 30 heavy (non-hydrogen) atoms. The van der Waals surface area contributed by atoms with E-state index in [4.69, 9.17) is 5.10 Å². The molecule has 4 aromatic rings. The molecule has 0 amide bonds. The van der Waals surface area contributed by atoms with E-state index in [-0.39, 0.29) is 0 Å². The minimum Gasteiger partial charge on any atom is -0.351 e. The SMILES string of the molecule is Cc1ccc(Nc2cnc3c(c2)CN(c2nn4cnnc4c(C)c2C)CC3)c(F)n1. The van der Waals surface area contributed by atoms with E-state index in [1.54, 1.807) is 36.1 Å². The molecule has 4 aromatic heterocycles. The van der Waals surface area contributed by atoms with Gasteiger partial charge in [-0.3, -0.25) is 4.98 Å². The number of hydrogen-bond donors (Lipinski definition) is 1. The predicted octanol–water partition coefficient (Wildman–Crippen LogP) is 3.28. The summed E-state index contributed by atoms with van der Waals surface area (Å²) >= 11 is 0. The Labute approximate surface area is 172 Å². The summed E-state index contributed by atoms with van der Waals surface area (Å²) in [6.45, 7) is 7.36. The van der Waals surface area contributed by atoms with Crippen LogP contribution in [0.15, 0.2) is 30.7 Å². The van der Waals surface area contributed by atoms with Crippen LogP contribution >= 0.6 is 0 Å². The summed E-state index contributed by atoms with van der Waals surface area (Å²) in [7, 11) is 0. The number of pyridine rings is 2. The minimum absolute atomic E-state index is 0.334. The van der Waals surface area contributed by atoms with E-state index in [1.807, 2.05) is 13.0 Å². The van der Waals surface area contributed by atoms with Crippen LogP contribution in [0.25, 0.3) is 5.65 Å². The Kier molecular flexibility index (Phi) is 4.30. The van der Waals surface area contributed by atoms with Gasteiger partial charge in [-0.2, -0.15) is 8.91 Å². The van der Waals surface area contributed by atoms with Crippen molar-refractivity contribution in [3.8, 4) is 0 Å². The largest absolute Gasteiger partial charge is 0.351 e. The van der Waals surface area contributed by atoms with Gasteiger partial charge in [0.25, 0.3) is 0 Å². The molecule has 1 aliphatic heterocycles. The molecule has 0 saturated carbocycles. The third-order valence-electron chi connectivity index (χ3n) is 5.57. The van der Waals surface area contributed by atoms with Crippen molar-refractivity contribution in [2.24, 2.45) is 0 Å². The van der Waals surface area contributed by atoms with E-state index in [9.17, 15) is 4.39 Å². The van der Waals surface area contributed by atoms with Crippen molar-refractivity contribution in [1.82, 2.24) is 29.8 Å². The van der Waals surface area contributed by atoms with Gasteiger partial charge in [0.2, 0.25) is 5.95 Å². The maximum atomic E-state index is 14.1. The van der Waals surface area contributed by atoms with E-state index in [2.05, 4.69) is 37.3 Å². The highest BCUT2D eigenvalue weighted by Crippen LogP contribution is 2.29. The molecular formula is C21H21FN8. The molecule has 1 N–H and O–H groups in total. The van der Waals surface area contributed by atoms with Gasteiger partial charge >= 0.3 is 0 Å². The Hall–Kier alpha value is -3.62. The van der Waals surface area contributed by atoms with Crippen LogP contribution in [-0.4, -0.2) is 36.3 Å². The summed E-state index contributed by atoms with van der Waals surface area (Å²) in [5.74, 6) is 0.393. The number of fused-ring (bicyclic) bond motifs is 2. The molecule has 0 fully saturated rings. The van der Waals surface area contributed by atoms with E-state index in [1.165, 1.54) is 0 Å². The molecule has 8 nitrogen and oxygen atoms in total. The van der Waals surface area contributed by atoms with Gasteiger partial charge in [0.15, 0.2) is 11.5 Å². The van der Waals surface area contributed by atoms with Gasteiger partial charge in [-0.1, -0.05) is 0 Å². The first-order valence-electron chi connectivity index (χ1n) is 9.80. The third-order valence-corrected chi connectivity index (χ3v) is 5.57. The average Bonchev–Trinajstić information content (AvgIpc) is 3.21. The molecular weight excluding hydrogens is 383 g/mol. The van der Waals surface area contributed by atoms with Crippen LogP contribution in [0, 0.1) is 26.7 Å². The molecule has 0 aromatic carbocycles. The summed E-state index contributed by atoms with van der Waals surface area (Å²) in [6.07, 6.45) is 4.18. The topological polar surface area (TPSA) is 84.1 Å². The minimum atomic E-state index is -0.521. The summed E-state index contributed by atoms with van der Waals surface area (Å²) in [5.41, 5.74) is 6.79. The zero-order valence-corrected chi connectivity index (χ0v) is 17.0. The summed E-state index contributed by atoms with van der Waals surface area (Å²) in [5, 5.41) is 15.9.